The summed E-state index contributed by atoms with van der Waals surface area (Å²) < 4.78 is 4.20. The number of H-pyrrole nitrogens is 1. The Labute approximate surface area is 140 Å². The summed E-state index contributed by atoms with van der Waals surface area (Å²) in [6.07, 6.45) is 0. The summed E-state index contributed by atoms with van der Waals surface area (Å²) in [6.45, 7) is 2.02. The second-order valence-corrected chi connectivity index (χ2v) is 6.36. The van der Waals surface area contributed by atoms with Crippen LogP contribution < -0.4 is 5.32 Å². The van der Waals surface area contributed by atoms with Crippen LogP contribution in [0.1, 0.15) is 16.1 Å². The van der Waals surface area contributed by atoms with Crippen molar-refractivity contribution in [3.8, 4) is 11.3 Å². The topological polar surface area (TPSA) is 70.7 Å². The molecule has 1 aromatic carbocycles. The first kappa shape index (κ1) is 15.0. The maximum atomic E-state index is 12.1. The third-order valence-corrected chi connectivity index (χ3v) is 4.61. The molecule has 2 N–H and O–H groups in total. The summed E-state index contributed by atoms with van der Waals surface area (Å²) >= 11 is 12.7. The summed E-state index contributed by atoms with van der Waals surface area (Å²) in [7, 11) is 0. The van der Waals surface area contributed by atoms with Crippen LogP contribution in [0.25, 0.3) is 11.3 Å². The minimum atomic E-state index is -0.449. The molecule has 0 aliphatic rings. The van der Waals surface area contributed by atoms with Crippen molar-refractivity contribution in [2.75, 3.05) is 5.32 Å². The van der Waals surface area contributed by atoms with E-state index in [0.29, 0.717) is 5.82 Å². The van der Waals surface area contributed by atoms with Gasteiger partial charge in [0, 0.05) is 6.07 Å². The number of amides is 1. The number of aromatic nitrogens is 3. The number of aryl methyl sites for hydroxylation is 1. The van der Waals surface area contributed by atoms with Crippen molar-refractivity contribution in [2.24, 2.45) is 0 Å². The van der Waals surface area contributed by atoms with E-state index in [9.17, 15) is 4.79 Å². The first-order valence-electron chi connectivity index (χ1n) is 6.29. The minimum absolute atomic E-state index is 0.0940. The maximum absolute atomic E-state index is 12.1. The molecule has 1 amide bonds. The van der Waals surface area contributed by atoms with E-state index in [1.165, 1.54) is 5.56 Å². The van der Waals surface area contributed by atoms with Crippen LogP contribution in [-0.2, 0) is 0 Å². The van der Waals surface area contributed by atoms with Gasteiger partial charge in [-0.3, -0.25) is 9.89 Å². The second-order valence-electron chi connectivity index (χ2n) is 4.61. The van der Waals surface area contributed by atoms with Crippen LogP contribution in [0.15, 0.2) is 30.3 Å². The normalized spacial score (nSPS) is 10.7. The first-order valence-corrected chi connectivity index (χ1v) is 7.82. The van der Waals surface area contributed by atoms with Crippen molar-refractivity contribution < 1.29 is 4.79 Å². The van der Waals surface area contributed by atoms with Gasteiger partial charge in [0.25, 0.3) is 5.91 Å². The van der Waals surface area contributed by atoms with Crippen molar-refractivity contribution >= 4 is 46.5 Å². The van der Waals surface area contributed by atoms with E-state index in [0.717, 1.165) is 22.8 Å². The number of carbonyl (C=O) groups is 1. The van der Waals surface area contributed by atoms with Crippen molar-refractivity contribution in [1.82, 2.24) is 14.6 Å². The van der Waals surface area contributed by atoms with Crippen LogP contribution in [0, 0.1) is 6.92 Å². The van der Waals surface area contributed by atoms with E-state index < -0.39 is 5.91 Å². The molecule has 0 saturated carbocycles. The van der Waals surface area contributed by atoms with Gasteiger partial charge in [0.15, 0.2) is 11.5 Å². The van der Waals surface area contributed by atoms with Gasteiger partial charge in [-0.2, -0.15) is 9.47 Å². The molecule has 5 nitrogen and oxygen atoms in total. The Morgan fingerprint density at radius 3 is 2.64 bits per heavy atom. The molecular formula is C14H10Cl2N4OS. The molecule has 0 aliphatic carbocycles. The number of nitrogens with zero attached hydrogens (tertiary/aromatic N) is 2. The standard InChI is InChI=1S/C14H10Cl2N4OS/c1-7-2-4-8(5-3-7)9-6-10(19-18-9)17-14(21)12-11(15)13(16)22-20-12/h2-6H,1H3,(H2,17,18,19,21). The number of halogens is 2. The summed E-state index contributed by atoms with van der Waals surface area (Å²) in [5, 5.41) is 9.72. The highest BCUT2D eigenvalue weighted by molar-refractivity contribution is 7.11. The van der Waals surface area contributed by atoms with E-state index in [4.69, 9.17) is 23.2 Å². The summed E-state index contributed by atoms with van der Waals surface area (Å²) in [6, 6.07) is 9.71. The maximum Gasteiger partial charge on any atom is 0.278 e. The molecule has 0 radical (unpaired) electrons. The van der Waals surface area contributed by atoms with Crippen LogP contribution >= 0.6 is 34.7 Å². The number of rotatable bonds is 3. The lowest BCUT2D eigenvalue weighted by atomic mass is 10.1. The number of hydrogen-bond donors (Lipinski definition) is 2. The smallest absolute Gasteiger partial charge is 0.278 e. The Kier molecular flexibility index (Phi) is 4.15. The van der Waals surface area contributed by atoms with Gasteiger partial charge in [0.1, 0.15) is 9.36 Å². The van der Waals surface area contributed by atoms with Crippen LogP contribution in [0.3, 0.4) is 0 Å². The largest absolute Gasteiger partial charge is 0.304 e. The molecule has 2 aromatic heterocycles. The number of carbonyl (C=O) groups excluding carboxylic acids is 1. The molecule has 0 aliphatic heterocycles. The molecule has 0 spiro atoms. The average Bonchev–Trinajstić information content (AvgIpc) is 3.08. The van der Waals surface area contributed by atoms with E-state index in [-0.39, 0.29) is 15.1 Å². The van der Waals surface area contributed by atoms with E-state index in [2.05, 4.69) is 19.9 Å². The van der Waals surface area contributed by atoms with E-state index >= 15 is 0 Å². The summed E-state index contributed by atoms with van der Waals surface area (Å²) in [5.74, 6) is -0.0594. The van der Waals surface area contributed by atoms with Crippen molar-refractivity contribution in [1.29, 1.82) is 0 Å². The predicted molar refractivity (Wildman–Crippen MR) is 88.8 cm³/mol. The molecule has 0 bridgehead atoms. The fourth-order valence-electron chi connectivity index (χ4n) is 1.84. The first-order chi connectivity index (χ1) is 10.5. The number of anilines is 1. The number of hydrogen-bond acceptors (Lipinski definition) is 4. The lowest BCUT2D eigenvalue weighted by molar-refractivity contribution is 0.102. The van der Waals surface area contributed by atoms with Gasteiger partial charge in [-0.25, -0.2) is 0 Å². The zero-order valence-corrected chi connectivity index (χ0v) is 13.7. The third kappa shape index (κ3) is 2.99. The van der Waals surface area contributed by atoms with Crippen molar-refractivity contribution in [3.05, 3.63) is 50.9 Å². The van der Waals surface area contributed by atoms with Gasteiger partial charge in [-0.05, 0) is 24.0 Å². The Morgan fingerprint density at radius 2 is 2.00 bits per heavy atom. The van der Waals surface area contributed by atoms with Crippen LogP contribution in [0.2, 0.25) is 9.36 Å². The van der Waals surface area contributed by atoms with Crippen LogP contribution in [0.5, 0.6) is 0 Å². The van der Waals surface area contributed by atoms with Crippen molar-refractivity contribution in [2.45, 2.75) is 6.92 Å². The fraction of sp³-hybridized carbons (Fsp3) is 0.0714. The molecule has 3 aromatic rings. The lowest BCUT2D eigenvalue weighted by Gasteiger charge is -1.98. The zero-order chi connectivity index (χ0) is 15.7. The Balaban J connectivity index is 1.78. The van der Waals surface area contributed by atoms with Crippen LogP contribution in [0.4, 0.5) is 5.82 Å². The van der Waals surface area contributed by atoms with E-state index in [1.54, 1.807) is 6.07 Å². The SMILES string of the molecule is Cc1ccc(-c2cc(NC(=O)c3nsc(Cl)c3Cl)n[nH]2)cc1. The highest BCUT2D eigenvalue weighted by Gasteiger charge is 2.18. The molecule has 0 fully saturated rings. The average molecular weight is 353 g/mol. The van der Waals surface area contributed by atoms with Crippen molar-refractivity contribution in [3.63, 3.8) is 0 Å². The molecule has 0 atom stereocenters. The number of aromatic amines is 1. The highest BCUT2D eigenvalue weighted by Crippen LogP contribution is 2.30. The molecule has 112 valence electrons. The number of benzene rings is 1. The summed E-state index contributed by atoms with van der Waals surface area (Å²) in [4.78, 5) is 12.1. The predicted octanol–water partition coefficient (Wildman–Crippen LogP) is 4.40. The minimum Gasteiger partial charge on any atom is -0.304 e. The molecule has 0 saturated heterocycles. The quantitative estimate of drug-likeness (QED) is 0.733. The molecule has 8 heteroatoms. The van der Waals surface area contributed by atoms with Gasteiger partial charge in [-0.15, -0.1) is 0 Å². The molecule has 3 rings (SSSR count). The monoisotopic (exact) mass is 352 g/mol. The Morgan fingerprint density at radius 1 is 1.27 bits per heavy atom. The van der Waals surface area contributed by atoms with Gasteiger partial charge in [-0.1, -0.05) is 53.0 Å². The van der Waals surface area contributed by atoms with Gasteiger partial charge < -0.3 is 5.32 Å². The summed E-state index contributed by atoms with van der Waals surface area (Å²) in [5.41, 5.74) is 3.05. The molecule has 0 unspecified atom stereocenters. The fourth-order valence-corrected chi connectivity index (χ4v) is 2.84. The molecule has 22 heavy (non-hydrogen) atoms. The van der Waals surface area contributed by atoms with E-state index in [1.807, 2.05) is 31.2 Å². The second kappa shape index (κ2) is 6.08. The highest BCUT2D eigenvalue weighted by atomic mass is 35.5. The van der Waals surface area contributed by atoms with Gasteiger partial charge in [0.2, 0.25) is 0 Å². The third-order valence-electron chi connectivity index (χ3n) is 2.99. The number of nitrogens with one attached hydrogen (secondary N) is 2. The molecule has 2 heterocycles. The van der Waals surface area contributed by atoms with Gasteiger partial charge in [0.05, 0.1) is 5.69 Å². The zero-order valence-electron chi connectivity index (χ0n) is 11.4. The van der Waals surface area contributed by atoms with Crippen LogP contribution in [-0.4, -0.2) is 20.5 Å². The molecular weight excluding hydrogens is 343 g/mol. The Hall–Kier alpha value is -1.89. The Bertz CT molecular complexity index is 826. The van der Waals surface area contributed by atoms with Gasteiger partial charge >= 0.3 is 0 Å². The lowest BCUT2D eigenvalue weighted by Crippen LogP contribution is -2.12.